The molecule has 1 saturated heterocycles. The van der Waals surface area contributed by atoms with Crippen LogP contribution < -0.4 is 0 Å². The van der Waals surface area contributed by atoms with Crippen molar-refractivity contribution in [1.82, 2.24) is 14.5 Å². The first-order valence-corrected chi connectivity index (χ1v) is 8.88. The minimum atomic E-state index is 0.250. The van der Waals surface area contributed by atoms with Gasteiger partial charge >= 0.3 is 0 Å². The van der Waals surface area contributed by atoms with E-state index in [9.17, 15) is 5.11 Å². The standard InChI is InChI=1S/C20H22N4O2/c25-17-7-5-16(6-8-17)15-21-20-22-18-3-1-2-4-19(18)24(20)10-9-23-11-13-26-14-12-23/h1-8,15,25H,9-14H2/b21-15+. The van der Waals surface area contributed by atoms with Crippen LogP contribution in [0, 0.1) is 0 Å². The molecule has 6 heteroatoms. The van der Waals surface area contributed by atoms with Crippen LogP contribution in [0.1, 0.15) is 5.56 Å². The van der Waals surface area contributed by atoms with Gasteiger partial charge in [-0.05, 0) is 42.0 Å². The van der Waals surface area contributed by atoms with E-state index >= 15 is 0 Å². The van der Waals surface area contributed by atoms with Gasteiger partial charge in [-0.15, -0.1) is 0 Å². The Kier molecular flexibility index (Phi) is 4.95. The summed E-state index contributed by atoms with van der Waals surface area (Å²) < 4.78 is 7.59. The lowest BCUT2D eigenvalue weighted by molar-refractivity contribution is 0.0366. The number of aromatic hydroxyl groups is 1. The number of hydrogen-bond donors (Lipinski definition) is 1. The van der Waals surface area contributed by atoms with Gasteiger partial charge in [0.1, 0.15) is 5.75 Å². The molecule has 0 saturated carbocycles. The number of rotatable bonds is 5. The van der Waals surface area contributed by atoms with Gasteiger partial charge in [-0.3, -0.25) is 4.90 Å². The first kappa shape index (κ1) is 16.8. The third kappa shape index (κ3) is 3.76. The van der Waals surface area contributed by atoms with Crippen molar-refractivity contribution in [3.8, 4) is 5.75 Å². The van der Waals surface area contributed by atoms with Crippen LogP contribution in [0.3, 0.4) is 0 Å². The zero-order valence-corrected chi connectivity index (χ0v) is 14.6. The van der Waals surface area contributed by atoms with E-state index in [-0.39, 0.29) is 5.75 Å². The highest BCUT2D eigenvalue weighted by atomic mass is 16.5. The van der Waals surface area contributed by atoms with Gasteiger partial charge in [0.2, 0.25) is 5.95 Å². The molecule has 1 aromatic heterocycles. The molecule has 0 bridgehead atoms. The maximum atomic E-state index is 9.40. The number of fused-ring (bicyclic) bond motifs is 1. The third-order valence-electron chi connectivity index (χ3n) is 4.60. The van der Waals surface area contributed by atoms with Crippen LogP contribution in [0.4, 0.5) is 5.95 Å². The Bertz CT molecular complexity index is 896. The highest BCUT2D eigenvalue weighted by Gasteiger charge is 2.13. The normalized spacial score (nSPS) is 15.8. The van der Waals surface area contributed by atoms with Gasteiger partial charge in [0.25, 0.3) is 0 Å². The third-order valence-corrected chi connectivity index (χ3v) is 4.60. The number of aliphatic imine (C=N–C) groups is 1. The SMILES string of the molecule is Oc1ccc(/C=N/c2nc3ccccc3n2CCN2CCOCC2)cc1. The molecule has 4 rings (SSSR count). The Morgan fingerprint density at radius 2 is 1.81 bits per heavy atom. The van der Waals surface area contributed by atoms with Crippen LogP contribution in [-0.2, 0) is 11.3 Å². The first-order valence-electron chi connectivity index (χ1n) is 8.88. The summed E-state index contributed by atoms with van der Waals surface area (Å²) in [6, 6.07) is 15.1. The molecule has 1 aliphatic heterocycles. The molecule has 1 aliphatic rings. The predicted octanol–water partition coefficient (Wildman–Crippen LogP) is 2.82. The topological polar surface area (TPSA) is 62.9 Å². The molecule has 26 heavy (non-hydrogen) atoms. The van der Waals surface area contributed by atoms with Gasteiger partial charge in [0.15, 0.2) is 0 Å². The number of hydrogen-bond acceptors (Lipinski definition) is 5. The minimum Gasteiger partial charge on any atom is -0.508 e. The number of morpholine rings is 1. The lowest BCUT2D eigenvalue weighted by Crippen LogP contribution is -2.38. The molecule has 0 spiro atoms. The fraction of sp³-hybridized carbons (Fsp3) is 0.300. The van der Waals surface area contributed by atoms with E-state index in [2.05, 4.69) is 25.5 Å². The maximum Gasteiger partial charge on any atom is 0.230 e. The van der Waals surface area contributed by atoms with Crippen molar-refractivity contribution in [2.24, 2.45) is 4.99 Å². The predicted molar refractivity (Wildman–Crippen MR) is 102 cm³/mol. The Balaban J connectivity index is 1.59. The smallest absolute Gasteiger partial charge is 0.230 e. The zero-order valence-electron chi connectivity index (χ0n) is 14.6. The van der Waals surface area contributed by atoms with Crippen molar-refractivity contribution >= 4 is 23.2 Å². The molecular weight excluding hydrogens is 328 g/mol. The molecule has 0 radical (unpaired) electrons. The fourth-order valence-electron chi connectivity index (χ4n) is 3.14. The average Bonchev–Trinajstić information content (AvgIpc) is 3.04. The summed E-state index contributed by atoms with van der Waals surface area (Å²) in [7, 11) is 0. The number of ether oxygens (including phenoxy) is 1. The molecule has 6 nitrogen and oxygen atoms in total. The van der Waals surface area contributed by atoms with Crippen LogP contribution in [0.5, 0.6) is 5.75 Å². The van der Waals surface area contributed by atoms with E-state index in [1.165, 1.54) is 0 Å². The van der Waals surface area contributed by atoms with Crippen molar-refractivity contribution in [3.63, 3.8) is 0 Å². The fourth-order valence-corrected chi connectivity index (χ4v) is 3.14. The highest BCUT2D eigenvalue weighted by molar-refractivity contribution is 5.83. The van der Waals surface area contributed by atoms with E-state index in [0.717, 1.165) is 56.0 Å². The van der Waals surface area contributed by atoms with Crippen LogP contribution in [0.25, 0.3) is 11.0 Å². The van der Waals surface area contributed by atoms with Gasteiger partial charge in [-0.25, -0.2) is 9.98 Å². The van der Waals surface area contributed by atoms with Crippen LogP contribution in [0.2, 0.25) is 0 Å². The van der Waals surface area contributed by atoms with E-state index < -0.39 is 0 Å². The lowest BCUT2D eigenvalue weighted by Gasteiger charge is -2.26. The second-order valence-corrected chi connectivity index (χ2v) is 6.36. The van der Waals surface area contributed by atoms with Crippen LogP contribution in [-0.4, -0.2) is 58.6 Å². The quantitative estimate of drug-likeness (QED) is 0.719. The molecule has 0 unspecified atom stereocenters. The molecule has 0 amide bonds. The van der Waals surface area contributed by atoms with E-state index in [4.69, 9.17) is 4.74 Å². The first-order chi connectivity index (χ1) is 12.8. The van der Waals surface area contributed by atoms with E-state index in [1.54, 1.807) is 18.3 Å². The summed E-state index contributed by atoms with van der Waals surface area (Å²) in [6.45, 7) is 5.33. The van der Waals surface area contributed by atoms with Gasteiger partial charge in [0, 0.05) is 32.4 Å². The van der Waals surface area contributed by atoms with Gasteiger partial charge in [-0.2, -0.15) is 0 Å². The Hall–Kier alpha value is -2.70. The van der Waals surface area contributed by atoms with Crippen molar-refractivity contribution < 1.29 is 9.84 Å². The number of para-hydroxylation sites is 2. The highest BCUT2D eigenvalue weighted by Crippen LogP contribution is 2.22. The molecule has 1 N–H and O–H groups in total. The molecule has 3 aromatic rings. The molecule has 134 valence electrons. The maximum absolute atomic E-state index is 9.40. The summed E-state index contributed by atoms with van der Waals surface area (Å²) in [6.07, 6.45) is 1.78. The second kappa shape index (κ2) is 7.68. The summed E-state index contributed by atoms with van der Waals surface area (Å²) >= 11 is 0. The molecular formula is C20H22N4O2. The Morgan fingerprint density at radius 1 is 1.04 bits per heavy atom. The van der Waals surface area contributed by atoms with E-state index in [0.29, 0.717) is 5.95 Å². The Labute approximate surface area is 152 Å². The van der Waals surface area contributed by atoms with Crippen molar-refractivity contribution in [2.75, 3.05) is 32.8 Å². The number of aromatic nitrogens is 2. The molecule has 2 heterocycles. The average molecular weight is 350 g/mol. The van der Waals surface area contributed by atoms with Crippen molar-refractivity contribution in [2.45, 2.75) is 6.54 Å². The molecule has 0 atom stereocenters. The van der Waals surface area contributed by atoms with Crippen molar-refractivity contribution in [1.29, 1.82) is 0 Å². The lowest BCUT2D eigenvalue weighted by atomic mass is 10.2. The summed E-state index contributed by atoms with van der Waals surface area (Å²) in [5, 5.41) is 9.40. The van der Waals surface area contributed by atoms with Gasteiger partial charge in [0.05, 0.1) is 24.2 Å². The van der Waals surface area contributed by atoms with E-state index in [1.807, 2.05) is 30.3 Å². The zero-order chi connectivity index (χ0) is 17.8. The number of nitrogens with zero attached hydrogens (tertiary/aromatic N) is 4. The van der Waals surface area contributed by atoms with Gasteiger partial charge < -0.3 is 14.4 Å². The van der Waals surface area contributed by atoms with Gasteiger partial charge in [-0.1, -0.05) is 12.1 Å². The van der Waals surface area contributed by atoms with Crippen LogP contribution >= 0.6 is 0 Å². The number of imidazole rings is 1. The number of benzene rings is 2. The molecule has 0 aliphatic carbocycles. The summed E-state index contributed by atoms with van der Waals surface area (Å²) in [4.78, 5) is 11.7. The largest absolute Gasteiger partial charge is 0.508 e. The second-order valence-electron chi connectivity index (χ2n) is 6.36. The van der Waals surface area contributed by atoms with Crippen molar-refractivity contribution in [3.05, 3.63) is 54.1 Å². The summed E-state index contributed by atoms with van der Waals surface area (Å²) in [5.74, 6) is 0.951. The summed E-state index contributed by atoms with van der Waals surface area (Å²) in [5.41, 5.74) is 2.97. The Morgan fingerprint density at radius 3 is 2.62 bits per heavy atom. The number of phenolic OH excluding ortho intramolecular Hbond substituents is 1. The molecule has 2 aromatic carbocycles. The monoisotopic (exact) mass is 350 g/mol. The number of phenols is 1. The molecule has 1 fully saturated rings. The minimum absolute atomic E-state index is 0.250. The van der Waals surface area contributed by atoms with Crippen LogP contribution in [0.15, 0.2) is 53.5 Å².